The third-order valence-electron chi connectivity index (χ3n) is 6.74. The van der Waals surface area contributed by atoms with Crippen molar-refractivity contribution in [3.05, 3.63) is 42.5 Å². The SMILES string of the molecule is COc1ccc(OC)c(S(=O)(=O)NC[C@H]2CC[C@H](CNc3nc(N(C)C)c4ccccc4n3)CC2)c1. The van der Waals surface area contributed by atoms with Gasteiger partial charge < -0.3 is 19.7 Å². The molecule has 0 amide bonds. The van der Waals surface area contributed by atoms with E-state index in [1.165, 1.54) is 20.3 Å². The van der Waals surface area contributed by atoms with Gasteiger partial charge in [-0.05, 0) is 61.8 Å². The average Bonchev–Trinajstić information content (AvgIpc) is 2.90. The van der Waals surface area contributed by atoms with Crippen LogP contribution in [0.25, 0.3) is 10.9 Å². The van der Waals surface area contributed by atoms with E-state index in [0.717, 1.165) is 48.9 Å². The first-order valence-electron chi connectivity index (χ1n) is 12.2. The predicted octanol–water partition coefficient (Wildman–Crippen LogP) is 3.91. The fourth-order valence-corrected chi connectivity index (χ4v) is 5.95. The topological polar surface area (TPSA) is 106 Å². The molecule has 0 atom stereocenters. The molecule has 194 valence electrons. The number of benzene rings is 2. The average molecular weight is 514 g/mol. The van der Waals surface area contributed by atoms with E-state index in [9.17, 15) is 8.42 Å². The first-order valence-corrected chi connectivity index (χ1v) is 13.7. The van der Waals surface area contributed by atoms with Crippen LogP contribution in [-0.2, 0) is 10.0 Å². The lowest BCUT2D eigenvalue weighted by Gasteiger charge is -2.29. The van der Waals surface area contributed by atoms with Crippen LogP contribution < -0.4 is 24.4 Å². The Morgan fingerprint density at radius 2 is 1.64 bits per heavy atom. The summed E-state index contributed by atoms with van der Waals surface area (Å²) in [4.78, 5) is 11.5. The van der Waals surface area contributed by atoms with Crippen LogP contribution in [0.2, 0.25) is 0 Å². The Kier molecular flexibility index (Phi) is 8.15. The van der Waals surface area contributed by atoms with Crippen molar-refractivity contribution in [2.45, 2.75) is 30.6 Å². The zero-order chi connectivity index (χ0) is 25.7. The second-order valence-corrected chi connectivity index (χ2v) is 11.2. The lowest BCUT2D eigenvalue weighted by atomic mass is 9.82. The number of aromatic nitrogens is 2. The molecule has 2 N–H and O–H groups in total. The van der Waals surface area contributed by atoms with Crippen molar-refractivity contribution in [1.29, 1.82) is 0 Å². The maximum atomic E-state index is 12.9. The van der Waals surface area contributed by atoms with Crippen LogP contribution in [0, 0.1) is 11.8 Å². The number of sulfonamides is 1. The maximum Gasteiger partial charge on any atom is 0.244 e. The van der Waals surface area contributed by atoms with Gasteiger partial charge in [0.25, 0.3) is 0 Å². The highest BCUT2D eigenvalue weighted by Crippen LogP contribution is 2.31. The second kappa shape index (κ2) is 11.3. The van der Waals surface area contributed by atoms with Crippen molar-refractivity contribution < 1.29 is 17.9 Å². The molecule has 1 aliphatic carbocycles. The van der Waals surface area contributed by atoms with Gasteiger partial charge in [-0.1, -0.05) is 12.1 Å². The lowest BCUT2D eigenvalue weighted by molar-refractivity contribution is 0.284. The number of anilines is 2. The Morgan fingerprint density at radius 1 is 0.944 bits per heavy atom. The minimum absolute atomic E-state index is 0.0923. The summed E-state index contributed by atoms with van der Waals surface area (Å²) in [5, 5.41) is 4.46. The van der Waals surface area contributed by atoms with E-state index >= 15 is 0 Å². The lowest BCUT2D eigenvalue weighted by Crippen LogP contribution is -2.32. The Balaban J connectivity index is 1.31. The first-order chi connectivity index (χ1) is 17.3. The van der Waals surface area contributed by atoms with Crippen molar-refractivity contribution in [2.75, 3.05) is 51.6 Å². The first kappa shape index (κ1) is 26.0. The Hall–Kier alpha value is -3.11. The molecule has 0 radical (unpaired) electrons. The van der Waals surface area contributed by atoms with Crippen LogP contribution in [0.4, 0.5) is 11.8 Å². The molecular formula is C26H35N5O4S. The van der Waals surface area contributed by atoms with Crippen molar-refractivity contribution >= 4 is 32.7 Å². The smallest absolute Gasteiger partial charge is 0.244 e. The Morgan fingerprint density at radius 3 is 2.31 bits per heavy atom. The number of para-hydroxylation sites is 1. The molecule has 4 rings (SSSR count). The van der Waals surface area contributed by atoms with E-state index in [2.05, 4.69) is 15.0 Å². The minimum atomic E-state index is -3.71. The molecule has 10 heteroatoms. The highest BCUT2D eigenvalue weighted by molar-refractivity contribution is 7.89. The largest absolute Gasteiger partial charge is 0.497 e. The van der Waals surface area contributed by atoms with Gasteiger partial charge in [-0.3, -0.25) is 0 Å². The van der Waals surface area contributed by atoms with Crippen LogP contribution in [-0.4, -0.2) is 59.8 Å². The number of hydrogen-bond acceptors (Lipinski definition) is 8. The fraction of sp³-hybridized carbons (Fsp3) is 0.462. The summed E-state index contributed by atoms with van der Waals surface area (Å²) in [5.41, 5.74) is 0.919. The number of rotatable bonds is 10. The van der Waals surface area contributed by atoms with Gasteiger partial charge in [-0.2, -0.15) is 4.98 Å². The normalized spacial score (nSPS) is 18.1. The molecule has 0 aliphatic heterocycles. The maximum absolute atomic E-state index is 12.9. The summed E-state index contributed by atoms with van der Waals surface area (Å²) in [6, 6.07) is 12.8. The third kappa shape index (κ3) is 5.99. The van der Waals surface area contributed by atoms with E-state index in [1.54, 1.807) is 12.1 Å². The van der Waals surface area contributed by atoms with Gasteiger partial charge in [0.1, 0.15) is 22.2 Å². The molecule has 36 heavy (non-hydrogen) atoms. The highest BCUT2D eigenvalue weighted by atomic mass is 32.2. The molecule has 1 aliphatic rings. The zero-order valence-corrected chi connectivity index (χ0v) is 22.1. The van der Waals surface area contributed by atoms with Crippen LogP contribution in [0.3, 0.4) is 0 Å². The summed E-state index contributed by atoms with van der Waals surface area (Å²) in [6.45, 7) is 1.20. The summed E-state index contributed by atoms with van der Waals surface area (Å²) in [7, 11) is 3.22. The van der Waals surface area contributed by atoms with E-state index in [1.807, 2.05) is 43.3 Å². The zero-order valence-electron chi connectivity index (χ0n) is 21.3. The molecule has 1 heterocycles. The summed E-state index contributed by atoms with van der Waals surface area (Å²) >= 11 is 0. The molecular weight excluding hydrogens is 478 g/mol. The fourth-order valence-electron chi connectivity index (χ4n) is 4.65. The van der Waals surface area contributed by atoms with Crippen LogP contribution in [0.15, 0.2) is 47.4 Å². The van der Waals surface area contributed by atoms with Gasteiger partial charge in [-0.15, -0.1) is 0 Å². The summed E-state index contributed by atoms with van der Waals surface area (Å²) in [6.07, 6.45) is 3.98. The molecule has 0 unspecified atom stereocenters. The predicted molar refractivity (Wildman–Crippen MR) is 143 cm³/mol. The van der Waals surface area contributed by atoms with E-state index in [4.69, 9.17) is 14.5 Å². The van der Waals surface area contributed by atoms with Gasteiger partial charge in [0, 0.05) is 38.6 Å². The third-order valence-corrected chi connectivity index (χ3v) is 8.19. The van der Waals surface area contributed by atoms with E-state index in [-0.39, 0.29) is 4.90 Å². The molecule has 1 aromatic heterocycles. The Bertz CT molecular complexity index is 1290. The highest BCUT2D eigenvalue weighted by Gasteiger charge is 2.25. The molecule has 0 spiro atoms. The minimum Gasteiger partial charge on any atom is -0.497 e. The standard InChI is InChI=1S/C26H35N5O4S/c1-31(2)25-21-7-5-6-8-22(21)29-26(30-25)27-16-18-9-11-19(12-10-18)17-28-36(32,33)24-15-20(34-3)13-14-23(24)35-4/h5-8,13-15,18-19,28H,9-12,16-17H2,1-4H3,(H,27,29,30)/t18-,19-. The number of ether oxygens (including phenoxy) is 2. The monoisotopic (exact) mass is 513 g/mol. The quantitative estimate of drug-likeness (QED) is 0.420. The number of nitrogens with one attached hydrogen (secondary N) is 2. The number of hydrogen-bond donors (Lipinski definition) is 2. The summed E-state index contributed by atoms with van der Waals surface area (Å²) in [5.74, 6) is 3.09. The van der Waals surface area contributed by atoms with Crippen LogP contribution >= 0.6 is 0 Å². The molecule has 0 bridgehead atoms. The Labute approximate surface area is 213 Å². The molecule has 2 aromatic carbocycles. The molecule has 1 fully saturated rings. The van der Waals surface area contributed by atoms with Crippen LogP contribution in [0.5, 0.6) is 11.5 Å². The molecule has 9 nitrogen and oxygen atoms in total. The van der Waals surface area contributed by atoms with E-state index in [0.29, 0.717) is 35.8 Å². The van der Waals surface area contributed by atoms with Crippen molar-refractivity contribution in [1.82, 2.24) is 14.7 Å². The van der Waals surface area contributed by atoms with E-state index < -0.39 is 10.0 Å². The van der Waals surface area contributed by atoms with Gasteiger partial charge in [0.15, 0.2) is 0 Å². The van der Waals surface area contributed by atoms with Gasteiger partial charge in [-0.25, -0.2) is 18.1 Å². The molecule has 0 saturated heterocycles. The van der Waals surface area contributed by atoms with Crippen molar-refractivity contribution in [3.8, 4) is 11.5 Å². The summed E-state index contributed by atoms with van der Waals surface area (Å²) < 4.78 is 39.1. The van der Waals surface area contributed by atoms with Crippen LogP contribution in [0.1, 0.15) is 25.7 Å². The van der Waals surface area contributed by atoms with Gasteiger partial charge in [0.2, 0.25) is 16.0 Å². The van der Waals surface area contributed by atoms with Crippen molar-refractivity contribution in [2.24, 2.45) is 11.8 Å². The second-order valence-electron chi connectivity index (χ2n) is 9.42. The molecule has 3 aromatic rings. The molecule has 1 saturated carbocycles. The van der Waals surface area contributed by atoms with Crippen molar-refractivity contribution in [3.63, 3.8) is 0 Å². The number of methoxy groups -OCH3 is 2. The number of fused-ring (bicyclic) bond motifs is 1. The van der Waals surface area contributed by atoms with Gasteiger partial charge >= 0.3 is 0 Å². The van der Waals surface area contributed by atoms with Gasteiger partial charge in [0.05, 0.1) is 19.7 Å². The number of nitrogens with zero attached hydrogens (tertiary/aromatic N) is 3.